The summed E-state index contributed by atoms with van der Waals surface area (Å²) < 4.78 is 14.2. The predicted molar refractivity (Wildman–Crippen MR) is 98.2 cm³/mol. The van der Waals surface area contributed by atoms with Crippen LogP contribution in [0.3, 0.4) is 0 Å². The van der Waals surface area contributed by atoms with Crippen LogP contribution in [0.1, 0.15) is 40.5 Å². The Hall–Kier alpha value is -1.74. The summed E-state index contributed by atoms with van der Waals surface area (Å²) in [5.74, 6) is -1.44. The van der Waals surface area contributed by atoms with Crippen molar-refractivity contribution in [3.63, 3.8) is 0 Å². The van der Waals surface area contributed by atoms with Crippen LogP contribution in [0, 0.1) is 12.0 Å². The summed E-state index contributed by atoms with van der Waals surface area (Å²) in [4.78, 5) is 44.7. The molecule has 1 N–H and O–H groups in total. The van der Waals surface area contributed by atoms with E-state index in [0.29, 0.717) is 36.4 Å². The number of allylic oxidation sites excluding steroid dienone is 2. The van der Waals surface area contributed by atoms with Gasteiger partial charge in [0.1, 0.15) is 0 Å². The topological polar surface area (TPSA) is 126 Å². The van der Waals surface area contributed by atoms with Gasteiger partial charge in [-0.25, -0.2) is 4.79 Å². The summed E-state index contributed by atoms with van der Waals surface area (Å²) in [6.45, 7) is 7.67. The van der Waals surface area contributed by atoms with Crippen molar-refractivity contribution in [3.8, 4) is 0 Å². The Morgan fingerprint density at radius 2 is 1.69 bits per heavy atom. The number of carbonyl (C=O) groups excluding carboxylic acids is 4. The van der Waals surface area contributed by atoms with E-state index in [1.54, 1.807) is 27.7 Å². The number of carbonyl (C=O) groups is 4. The Morgan fingerprint density at radius 1 is 1.10 bits per heavy atom. The van der Waals surface area contributed by atoms with Crippen LogP contribution in [0.25, 0.3) is 0 Å². The zero-order valence-corrected chi connectivity index (χ0v) is 19.8. The summed E-state index contributed by atoms with van der Waals surface area (Å²) in [6.07, 6.45) is 4.93. The quantitative estimate of drug-likeness (QED) is 0.243. The largest absolute Gasteiger partial charge is 1.00 e. The summed E-state index contributed by atoms with van der Waals surface area (Å²) in [5.41, 5.74) is 2.23. The van der Waals surface area contributed by atoms with Gasteiger partial charge in [-0.15, -0.1) is 11.1 Å². The number of hydrogen-bond acceptors (Lipinski definition) is 8. The van der Waals surface area contributed by atoms with Crippen molar-refractivity contribution >= 4 is 23.7 Å². The Bertz CT molecular complexity index is 718. The van der Waals surface area contributed by atoms with Gasteiger partial charge in [0.05, 0.1) is 26.2 Å². The Balaban J connectivity index is 0. The molecule has 2 aliphatic rings. The molecule has 0 fully saturated rings. The van der Waals surface area contributed by atoms with E-state index in [4.69, 9.17) is 9.47 Å². The summed E-state index contributed by atoms with van der Waals surface area (Å²) in [6, 6.07) is 0. The molecule has 1 atom stereocenters. The van der Waals surface area contributed by atoms with Gasteiger partial charge in [-0.3, -0.25) is 9.59 Å². The first kappa shape index (κ1) is 29.5. The fraction of sp³-hybridized carbons (Fsp3) is 0.500. The van der Waals surface area contributed by atoms with Gasteiger partial charge in [0.2, 0.25) is 5.97 Å². The average molecular weight is 417 g/mol. The third kappa shape index (κ3) is 8.26. The van der Waals surface area contributed by atoms with Crippen LogP contribution in [0.5, 0.6) is 0 Å². The van der Waals surface area contributed by atoms with Gasteiger partial charge < -0.3 is 24.5 Å². The molecule has 2 aliphatic carbocycles. The molecule has 0 heterocycles. The summed E-state index contributed by atoms with van der Waals surface area (Å²) in [7, 11) is 1.30. The van der Waals surface area contributed by atoms with Crippen LogP contribution < -0.4 is 29.6 Å². The fourth-order valence-corrected chi connectivity index (χ4v) is 2.65. The number of esters is 3. The zero-order valence-electron chi connectivity index (χ0n) is 17.8. The minimum Gasteiger partial charge on any atom is -0.870 e. The van der Waals surface area contributed by atoms with Crippen molar-refractivity contribution in [2.24, 2.45) is 5.92 Å². The molecule has 29 heavy (non-hydrogen) atoms. The predicted octanol–water partition coefficient (Wildman–Crippen LogP) is -0.916. The van der Waals surface area contributed by atoms with Crippen molar-refractivity contribution in [2.75, 3.05) is 20.3 Å². The minimum atomic E-state index is -0.466. The molecule has 0 aromatic rings. The first-order valence-electron chi connectivity index (χ1n) is 8.70. The molecule has 2 rings (SSSR count). The van der Waals surface area contributed by atoms with Gasteiger partial charge in [-0.2, -0.15) is 6.08 Å². The molecule has 1 unspecified atom stereocenters. The van der Waals surface area contributed by atoms with E-state index < -0.39 is 5.97 Å². The Labute approximate surface area is 192 Å². The molecule has 8 nitrogen and oxygen atoms in total. The first-order chi connectivity index (χ1) is 12.8. The van der Waals surface area contributed by atoms with E-state index >= 15 is 0 Å². The molecular weight excluding hydrogens is 391 g/mol. The van der Waals surface area contributed by atoms with Gasteiger partial charge in [0, 0.05) is 6.42 Å². The van der Waals surface area contributed by atoms with E-state index in [-0.39, 0.29) is 65.1 Å². The van der Waals surface area contributed by atoms with Gasteiger partial charge in [-0.05, 0) is 32.4 Å². The zero-order chi connectivity index (χ0) is 20.6. The van der Waals surface area contributed by atoms with Crippen molar-refractivity contribution in [3.05, 3.63) is 34.4 Å². The molecule has 0 amide bonds. The average Bonchev–Trinajstić information content (AvgIpc) is 3.17. The molecule has 0 saturated heterocycles. The Morgan fingerprint density at radius 3 is 2.14 bits per heavy atom. The number of rotatable bonds is 5. The normalized spacial score (nSPS) is 17.0. The van der Waals surface area contributed by atoms with Crippen LogP contribution in [-0.4, -0.2) is 49.5 Å². The minimum absolute atomic E-state index is 0. The van der Waals surface area contributed by atoms with E-state index in [0.717, 1.165) is 5.57 Å². The van der Waals surface area contributed by atoms with E-state index in [2.05, 4.69) is 10.8 Å². The van der Waals surface area contributed by atoms with Crippen LogP contribution in [0.4, 0.5) is 0 Å². The van der Waals surface area contributed by atoms with Gasteiger partial charge in [0.15, 0.2) is 5.78 Å². The number of ketones is 1. The SMILES string of the molecule is CCOC(=O)C1=C(C)C(C(=O)OC)=[C-]C1.CCOC(=O)C1CC(=O)C=C1C.[Na+].[OH-]. The molecular formula is C20H26NaO8-. The second-order valence-corrected chi connectivity index (χ2v) is 5.91. The standard InChI is InChI=1S/C11H13O4.C9H12O3.Na.H2O/c1-4-15-11(13)9-6-5-8(7(9)2)10(12)14-3;1-3-12-9(11)8-5-7(10)4-6(8)2;;/h4,6H2,1-3H3;4,8H,3,5H2,1-2H3;;1H2/q-1;;+1;/p-1. The molecule has 0 aromatic heterocycles. The Kier molecular flexibility index (Phi) is 14.5. The second-order valence-electron chi connectivity index (χ2n) is 5.91. The van der Waals surface area contributed by atoms with Crippen molar-refractivity contribution in [2.45, 2.75) is 40.5 Å². The monoisotopic (exact) mass is 417 g/mol. The molecule has 0 aromatic carbocycles. The maximum absolute atomic E-state index is 11.4. The van der Waals surface area contributed by atoms with Crippen molar-refractivity contribution in [1.82, 2.24) is 0 Å². The van der Waals surface area contributed by atoms with Crippen molar-refractivity contribution < 1.29 is 68.4 Å². The van der Waals surface area contributed by atoms with Crippen LogP contribution >= 0.6 is 0 Å². The molecule has 9 heteroatoms. The maximum Gasteiger partial charge on any atom is 1.00 e. The maximum atomic E-state index is 11.4. The van der Waals surface area contributed by atoms with E-state index in [1.165, 1.54) is 13.2 Å². The van der Waals surface area contributed by atoms with Crippen LogP contribution in [-0.2, 0) is 33.4 Å². The molecule has 0 bridgehead atoms. The van der Waals surface area contributed by atoms with Crippen molar-refractivity contribution in [1.29, 1.82) is 0 Å². The first-order valence-corrected chi connectivity index (χ1v) is 8.70. The third-order valence-electron chi connectivity index (χ3n) is 4.10. The second kappa shape index (κ2) is 14.3. The summed E-state index contributed by atoms with van der Waals surface area (Å²) >= 11 is 0. The fourth-order valence-electron chi connectivity index (χ4n) is 2.65. The smallest absolute Gasteiger partial charge is 0.870 e. The van der Waals surface area contributed by atoms with Gasteiger partial charge in [0.25, 0.3) is 0 Å². The number of methoxy groups -OCH3 is 1. The van der Waals surface area contributed by atoms with Gasteiger partial charge in [-0.1, -0.05) is 18.9 Å². The summed E-state index contributed by atoms with van der Waals surface area (Å²) in [5, 5.41) is 0. The van der Waals surface area contributed by atoms with Crippen LogP contribution in [0.15, 0.2) is 28.4 Å². The molecule has 0 radical (unpaired) electrons. The van der Waals surface area contributed by atoms with E-state index in [9.17, 15) is 19.2 Å². The number of ether oxygens (including phenoxy) is 3. The van der Waals surface area contributed by atoms with Gasteiger partial charge >= 0.3 is 41.5 Å². The molecule has 0 spiro atoms. The third-order valence-corrected chi connectivity index (χ3v) is 4.10. The molecule has 0 saturated carbocycles. The molecule has 0 aliphatic heterocycles. The number of hydrogen-bond donors (Lipinski definition) is 0. The van der Waals surface area contributed by atoms with Crippen LogP contribution in [0.2, 0.25) is 0 Å². The molecule has 156 valence electrons. The van der Waals surface area contributed by atoms with E-state index in [1.807, 2.05) is 0 Å².